The van der Waals surface area contributed by atoms with E-state index in [2.05, 4.69) is 18.3 Å². The largest absolute Gasteiger partial charge is 0.314 e. The summed E-state index contributed by atoms with van der Waals surface area (Å²) in [6, 6.07) is 15.0. The zero-order valence-electron chi connectivity index (χ0n) is 11.6. The van der Waals surface area contributed by atoms with E-state index in [1.807, 2.05) is 24.3 Å². The number of hydrogen-bond donors (Lipinski definition) is 1. The van der Waals surface area contributed by atoms with Crippen molar-refractivity contribution in [2.24, 2.45) is 0 Å². The van der Waals surface area contributed by atoms with Crippen molar-refractivity contribution in [3.8, 4) is 0 Å². The topological polar surface area (TPSA) is 12.0 Å². The highest BCUT2D eigenvalue weighted by atomic mass is 35.5. The summed E-state index contributed by atoms with van der Waals surface area (Å²) in [6.45, 7) is 2.97. The molecule has 0 saturated carbocycles. The predicted octanol–water partition coefficient (Wildman–Crippen LogP) is 4.24. The lowest BCUT2D eigenvalue weighted by molar-refractivity contribution is 0.519. The Kier molecular flexibility index (Phi) is 5.57. The van der Waals surface area contributed by atoms with E-state index in [4.69, 9.17) is 11.6 Å². The van der Waals surface area contributed by atoms with E-state index >= 15 is 0 Å². The van der Waals surface area contributed by atoms with Crippen molar-refractivity contribution in [3.05, 3.63) is 70.5 Å². The van der Waals surface area contributed by atoms with Crippen LogP contribution in [0.3, 0.4) is 0 Å². The predicted molar refractivity (Wildman–Crippen MR) is 82.7 cm³/mol. The molecule has 0 aliphatic rings. The average Bonchev–Trinajstić information content (AvgIpc) is 2.39. The van der Waals surface area contributed by atoms with Crippen LogP contribution in [0.1, 0.15) is 18.1 Å². The fourth-order valence-electron chi connectivity index (χ4n) is 2.40. The van der Waals surface area contributed by atoms with Gasteiger partial charge < -0.3 is 5.32 Å². The third-order valence-electron chi connectivity index (χ3n) is 3.24. The molecule has 1 atom stereocenters. The van der Waals surface area contributed by atoms with Crippen LogP contribution in [0.25, 0.3) is 0 Å². The molecule has 1 nitrogen and oxygen atoms in total. The van der Waals surface area contributed by atoms with Gasteiger partial charge in [0.25, 0.3) is 0 Å². The van der Waals surface area contributed by atoms with Crippen molar-refractivity contribution in [1.29, 1.82) is 0 Å². The van der Waals surface area contributed by atoms with E-state index in [0.717, 1.165) is 30.0 Å². The third-order valence-corrected chi connectivity index (χ3v) is 3.47. The summed E-state index contributed by atoms with van der Waals surface area (Å²) in [5.41, 5.74) is 2.21. The van der Waals surface area contributed by atoms with Crippen molar-refractivity contribution in [2.75, 3.05) is 6.54 Å². The van der Waals surface area contributed by atoms with Crippen molar-refractivity contribution in [2.45, 2.75) is 25.8 Å². The highest BCUT2D eigenvalue weighted by molar-refractivity contribution is 6.30. The van der Waals surface area contributed by atoms with Gasteiger partial charge in [-0.25, -0.2) is 4.39 Å². The fraction of sp³-hybridized carbons (Fsp3) is 0.294. The molecule has 0 bridgehead atoms. The standard InChI is InChI=1S/C17H19ClFN/c1-2-20-17(11-13-5-3-7-15(18)9-13)12-14-6-4-8-16(19)10-14/h3-10,17,20H,2,11-12H2,1H3. The summed E-state index contributed by atoms with van der Waals surface area (Å²) in [7, 11) is 0. The number of halogens is 2. The molecule has 0 spiro atoms. The zero-order valence-corrected chi connectivity index (χ0v) is 12.3. The second-order valence-corrected chi connectivity index (χ2v) is 5.36. The lowest BCUT2D eigenvalue weighted by Crippen LogP contribution is -2.33. The number of benzene rings is 2. The molecule has 0 heterocycles. The average molecular weight is 292 g/mol. The highest BCUT2D eigenvalue weighted by Crippen LogP contribution is 2.14. The van der Waals surface area contributed by atoms with Crippen LogP contribution in [0.15, 0.2) is 48.5 Å². The first-order valence-corrected chi connectivity index (χ1v) is 7.27. The van der Waals surface area contributed by atoms with Gasteiger partial charge in [-0.2, -0.15) is 0 Å². The lowest BCUT2D eigenvalue weighted by atomic mass is 9.99. The second-order valence-electron chi connectivity index (χ2n) is 4.92. The van der Waals surface area contributed by atoms with Gasteiger partial charge in [-0.1, -0.05) is 42.8 Å². The van der Waals surface area contributed by atoms with Crippen LogP contribution in [-0.2, 0) is 12.8 Å². The zero-order chi connectivity index (χ0) is 14.4. The van der Waals surface area contributed by atoms with Crippen molar-refractivity contribution in [1.82, 2.24) is 5.32 Å². The number of rotatable bonds is 6. The molecule has 0 aliphatic carbocycles. The molecule has 2 aromatic rings. The molecule has 2 aromatic carbocycles. The van der Waals surface area contributed by atoms with Gasteiger partial charge in [-0.3, -0.25) is 0 Å². The molecule has 0 fully saturated rings. The summed E-state index contributed by atoms with van der Waals surface area (Å²) in [5, 5.41) is 4.21. The molecule has 3 heteroatoms. The van der Waals surface area contributed by atoms with Gasteiger partial charge in [0.1, 0.15) is 5.82 Å². The van der Waals surface area contributed by atoms with Gasteiger partial charge in [-0.05, 0) is 54.8 Å². The van der Waals surface area contributed by atoms with Crippen LogP contribution < -0.4 is 5.32 Å². The van der Waals surface area contributed by atoms with Gasteiger partial charge >= 0.3 is 0 Å². The Labute approximate surface area is 124 Å². The molecule has 0 aromatic heterocycles. The molecule has 0 saturated heterocycles. The first-order valence-electron chi connectivity index (χ1n) is 6.89. The molecule has 20 heavy (non-hydrogen) atoms. The van der Waals surface area contributed by atoms with E-state index in [9.17, 15) is 4.39 Å². The Morgan fingerprint density at radius 3 is 2.30 bits per heavy atom. The minimum Gasteiger partial charge on any atom is -0.314 e. The SMILES string of the molecule is CCNC(Cc1cccc(F)c1)Cc1cccc(Cl)c1. The van der Waals surface area contributed by atoms with Crippen LogP contribution in [0, 0.1) is 5.82 Å². The Morgan fingerprint density at radius 1 is 1.05 bits per heavy atom. The Morgan fingerprint density at radius 2 is 1.70 bits per heavy atom. The first kappa shape index (κ1) is 15.0. The van der Waals surface area contributed by atoms with E-state index in [1.165, 1.54) is 11.6 Å². The maximum absolute atomic E-state index is 13.2. The molecule has 1 unspecified atom stereocenters. The van der Waals surface area contributed by atoms with Crippen LogP contribution in [0.4, 0.5) is 4.39 Å². The van der Waals surface area contributed by atoms with Crippen molar-refractivity contribution in [3.63, 3.8) is 0 Å². The third kappa shape index (κ3) is 4.62. The molecule has 1 N–H and O–H groups in total. The monoisotopic (exact) mass is 291 g/mol. The molecule has 2 rings (SSSR count). The van der Waals surface area contributed by atoms with Crippen LogP contribution in [0.2, 0.25) is 5.02 Å². The summed E-state index contributed by atoms with van der Waals surface area (Å²) in [5.74, 6) is -0.180. The van der Waals surface area contributed by atoms with Gasteiger partial charge in [0, 0.05) is 11.1 Å². The van der Waals surface area contributed by atoms with Crippen LogP contribution in [0.5, 0.6) is 0 Å². The highest BCUT2D eigenvalue weighted by Gasteiger charge is 2.10. The number of hydrogen-bond acceptors (Lipinski definition) is 1. The van der Waals surface area contributed by atoms with E-state index < -0.39 is 0 Å². The number of likely N-dealkylation sites (N-methyl/N-ethyl adjacent to an activating group) is 1. The van der Waals surface area contributed by atoms with E-state index in [-0.39, 0.29) is 11.9 Å². The van der Waals surface area contributed by atoms with Crippen LogP contribution >= 0.6 is 11.6 Å². The summed E-state index contributed by atoms with van der Waals surface area (Å²) >= 11 is 6.02. The Bertz CT molecular complexity index is 509. The Balaban J connectivity index is 2.07. The molecular weight excluding hydrogens is 273 g/mol. The first-order chi connectivity index (χ1) is 9.67. The molecule has 0 amide bonds. The summed E-state index contributed by atoms with van der Waals surface area (Å²) in [4.78, 5) is 0. The Hall–Kier alpha value is -1.38. The van der Waals surface area contributed by atoms with Crippen molar-refractivity contribution < 1.29 is 4.39 Å². The van der Waals surface area contributed by atoms with Gasteiger partial charge in [0.2, 0.25) is 0 Å². The molecular formula is C17H19ClFN. The number of nitrogens with one attached hydrogen (secondary N) is 1. The summed E-state index contributed by atoms with van der Waals surface area (Å²) < 4.78 is 13.2. The van der Waals surface area contributed by atoms with Crippen molar-refractivity contribution >= 4 is 11.6 Å². The van der Waals surface area contributed by atoms with E-state index in [1.54, 1.807) is 12.1 Å². The minimum atomic E-state index is -0.180. The normalized spacial score (nSPS) is 12.3. The van der Waals surface area contributed by atoms with Gasteiger partial charge in [0.15, 0.2) is 0 Å². The second kappa shape index (κ2) is 7.41. The maximum Gasteiger partial charge on any atom is 0.123 e. The summed E-state index contributed by atoms with van der Waals surface area (Å²) in [6.07, 6.45) is 1.68. The quantitative estimate of drug-likeness (QED) is 0.839. The fourth-order valence-corrected chi connectivity index (χ4v) is 2.61. The minimum absolute atomic E-state index is 0.180. The van der Waals surface area contributed by atoms with Crippen LogP contribution in [-0.4, -0.2) is 12.6 Å². The molecule has 0 radical (unpaired) electrons. The smallest absolute Gasteiger partial charge is 0.123 e. The molecule has 0 aliphatic heterocycles. The van der Waals surface area contributed by atoms with Gasteiger partial charge in [-0.15, -0.1) is 0 Å². The van der Waals surface area contributed by atoms with E-state index in [0.29, 0.717) is 0 Å². The van der Waals surface area contributed by atoms with Gasteiger partial charge in [0.05, 0.1) is 0 Å². The lowest BCUT2D eigenvalue weighted by Gasteiger charge is -2.18. The maximum atomic E-state index is 13.2. The molecule has 106 valence electrons.